The highest BCUT2D eigenvalue weighted by molar-refractivity contribution is 5.78. The lowest BCUT2D eigenvalue weighted by molar-refractivity contribution is -0.122. The van der Waals surface area contributed by atoms with Crippen molar-refractivity contribution in [3.63, 3.8) is 0 Å². The molecule has 4 nitrogen and oxygen atoms in total. The second-order valence-corrected chi connectivity index (χ2v) is 8.36. The minimum absolute atomic E-state index is 0.102. The molecule has 0 aliphatic carbocycles. The molecule has 1 saturated heterocycles. The lowest BCUT2D eigenvalue weighted by Gasteiger charge is -2.23. The van der Waals surface area contributed by atoms with Crippen LogP contribution in [0.15, 0.2) is 91.0 Å². The van der Waals surface area contributed by atoms with Crippen LogP contribution in [0.3, 0.4) is 0 Å². The zero-order chi connectivity index (χ0) is 21.3. The maximum absolute atomic E-state index is 12.8. The third-order valence-corrected chi connectivity index (χ3v) is 5.86. The predicted octanol–water partition coefficient (Wildman–Crippen LogP) is 4.33. The van der Waals surface area contributed by atoms with Crippen molar-refractivity contribution in [2.75, 3.05) is 31.1 Å². The van der Waals surface area contributed by atoms with Gasteiger partial charge in [0.1, 0.15) is 0 Å². The van der Waals surface area contributed by atoms with Gasteiger partial charge in [-0.1, -0.05) is 78.9 Å². The van der Waals surface area contributed by atoms with Crippen molar-refractivity contribution in [1.82, 2.24) is 10.2 Å². The van der Waals surface area contributed by atoms with Crippen LogP contribution in [0, 0.1) is 5.92 Å². The van der Waals surface area contributed by atoms with Crippen LogP contribution in [0.2, 0.25) is 0 Å². The highest BCUT2D eigenvalue weighted by Crippen LogP contribution is 2.23. The van der Waals surface area contributed by atoms with Crippen molar-refractivity contribution in [3.8, 4) is 0 Å². The highest BCUT2D eigenvalue weighted by atomic mass is 16.2. The summed E-state index contributed by atoms with van der Waals surface area (Å²) < 4.78 is 0. The molecule has 4 rings (SSSR count). The van der Waals surface area contributed by atoms with E-state index in [1.54, 1.807) is 0 Å². The minimum atomic E-state index is 0.102. The van der Waals surface area contributed by atoms with E-state index in [2.05, 4.69) is 87.9 Å². The average Bonchev–Trinajstić information content (AvgIpc) is 3.29. The number of hydrogen-bond acceptors (Lipinski definition) is 3. The van der Waals surface area contributed by atoms with E-state index in [4.69, 9.17) is 0 Å². The lowest BCUT2D eigenvalue weighted by Crippen LogP contribution is -2.39. The first-order valence-electron chi connectivity index (χ1n) is 11.1. The zero-order valence-electron chi connectivity index (χ0n) is 18.0. The standard InChI is InChI=1S/C27H31N3O/c31-27(28-18-25-16-17-30(21-25)26-14-8-3-9-15-26)22-29(19-23-10-4-1-5-11-23)20-24-12-6-2-7-13-24/h1-15,25H,16-22H2,(H,28,31). The molecule has 0 spiro atoms. The monoisotopic (exact) mass is 413 g/mol. The molecule has 0 aromatic heterocycles. The van der Waals surface area contributed by atoms with Gasteiger partial charge < -0.3 is 10.2 Å². The molecule has 4 heteroatoms. The Labute approximate surface area is 185 Å². The number of carbonyl (C=O) groups is 1. The van der Waals surface area contributed by atoms with Crippen LogP contribution in [0.5, 0.6) is 0 Å². The SMILES string of the molecule is O=C(CN(Cc1ccccc1)Cc1ccccc1)NCC1CCN(c2ccccc2)C1. The fourth-order valence-electron chi connectivity index (χ4n) is 4.24. The quantitative estimate of drug-likeness (QED) is 0.567. The highest BCUT2D eigenvalue weighted by Gasteiger charge is 2.23. The van der Waals surface area contributed by atoms with Crippen LogP contribution in [-0.2, 0) is 17.9 Å². The smallest absolute Gasteiger partial charge is 0.234 e. The number of nitrogens with one attached hydrogen (secondary N) is 1. The molecule has 1 heterocycles. The third kappa shape index (κ3) is 6.43. The van der Waals surface area contributed by atoms with Gasteiger partial charge in [0.15, 0.2) is 0 Å². The predicted molar refractivity (Wildman–Crippen MR) is 127 cm³/mol. The fourth-order valence-corrected chi connectivity index (χ4v) is 4.24. The Kier molecular flexibility index (Phi) is 7.35. The first-order chi connectivity index (χ1) is 15.3. The van der Waals surface area contributed by atoms with Crippen LogP contribution in [0.25, 0.3) is 0 Å². The Morgan fingerprint density at radius 2 is 1.39 bits per heavy atom. The van der Waals surface area contributed by atoms with Crippen molar-refractivity contribution in [2.24, 2.45) is 5.92 Å². The molecule has 3 aromatic rings. The van der Waals surface area contributed by atoms with E-state index < -0.39 is 0 Å². The molecule has 1 N–H and O–H groups in total. The number of rotatable bonds is 9. The molecule has 0 radical (unpaired) electrons. The van der Waals surface area contributed by atoms with Crippen LogP contribution in [-0.4, -0.2) is 37.0 Å². The van der Waals surface area contributed by atoms with Gasteiger partial charge in [-0.15, -0.1) is 0 Å². The van der Waals surface area contributed by atoms with E-state index in [1.165, 1.54) is 16.8 Å². The summed E-state index contributed by atoms with van der Waals surface area (Å²) in [4.78, 5) is 17.4. The second kappa shape index (κ2) is 10.8. The molecule has 31 heavy (non-hydrogen) atoms. The Bertz CT molecular complexity index is 889. The maximum atomic E-state index is 12.8. The summed E-state index contributed by atoms with van der Waals surface area (Å²) in [6.45, 7) is 4.72. The molecule has 1 aliphatic rings. The van der Waals surface area contributed by atoms with E-state index in [0.29, 0.717) is 12.5 Å². The van der Waals surface area contributed by atoms with Gasteiger partial charge in [-0.3, -0.25) is 9.69 Å². The molecule has 160 valence electrons. The van der Waals surface area contributed by atoms with E-state index in [0.717, 1.165) is 39.1 Å². The number of benzene rings is 3. The van der Waals surface area contributed by atoms with E-state index in [9.17, 15) is 4.79 Å². The number of anilines is 1. The molecule has 1 atom stereocenters. The Morgan fingerprint density at radius 3 is 1.97 bits per heavy atom. The van der Waals surface area contributed by atoms with E-state index in [-0.39, 0.29) is 5.91 Å². The van der Waals surface area contributed by atoms with E-state index >= 15 is 0 Å². The molecule has 1 fully saturated rings. The van der Waals surface area contributed by atoms with Gasteiger partial charge in [0, 0.05) is 38.4 Å². The number of amides is 1. The molecule has 0 bridgehead atoms. The first kappa shape index (κ1) is 21.1. The van der Waals surface area contributed by atoms with Gasteiger partial charge in [0.2, 0.25) is 5.91 Å². The molecule has 1 aliphatic heterocycles. The van der Waals surface area contributed by atoms with Gasteiger partial charge in [-0.2, -0.15) is 0 Å². The summed E-state index contributed by atoms with van der Waals surface area (Å²) in [6, 6.07) is 31.3. The Hall–Kier alpha value is -3.11. The summed E-state index contributed by atoms with van der Waals surface area (Å²) >= 11 is 0. The zero-order valence-corrected chi connectivity index (χ0v) is 18.0. The van der Waals surface area contributed by atoms with Crippen LogP contribution < -0.4 is 10.2 Å². The van der Waals surface area contributed by atoms with Gasteiger partial charge in [0.25, 0.3) is 0 Å². The number of carbonyl (C=O) groups excluding carboxylic acids is 1. The van der Waals surface area contributed by atoms with Crippen molar-refractivity contribution >= 4 is 11.6 Å². The maximum Gasteiger partial charge on any atom is 0.234 e. The summed E-state index contributed by atoms with van der Waals surface area (Å²) in [5.41, 5.74) is 3.72. The molecular formula is C27H31N3O. The lowest BCUT2D eigenvalue weighted by atomic mass is 10.1. The summed E-state index contributed by atoms with van der Waals surface area (Å²) in [5.74, 6) is 0.603. The van der Waals surface area contributed by atoms with Crippen LogP contribution in [0.4, 0.5) is 5.69 Å². The second-order valence-electron chi connectivity index (χ2n) is 8.36. The van der Waals surface area contributed by atoms with Crippen molar-refractivity contribution < 1.29 is 4.79 Å². The third-order valence-electron chi connectivity index (χ3n) is 5.86. The number of nitrogens with zero attached hydrogens (tertiary/aromatic N) is 2. The topological polar surface area (TPSA) is 35.6 Å². The van der Waals surface area contributed by atoms with Gasteiger partial charge in [-0.25, -0.2) is 0 Å². The van der Waals surface area contributed by atoms with Gasteiger partial charge in [0.05, 0.1) is 6.54 Å². The minimum Gasteiger partial charge on any atom is -0.371 e. The van der Waals surface area contributed by atoms with Crippen molar-refractivity contribution in [3.05, 3.63) is 102 Å². The fraction of sp³-hybridized carbons (Fsp3) is 0.296. The normalized spacial score (nSPS) is 15.9. The Balaban J connectivity index is 1.29. The number of para-hydroxylation sites is 1. The summed E-state index contributed by atoms with van der Waals surface area (Å²) in [7, 11) is 0. The molecular weight excluding hydrogens is 382 g/mol. The van der Waals surface area contributed by atoms with Crippen molar-refractivity contribution in [1.29, 1.82) is 0 Å². The van der Waals surface area contributed by atoms with Crippen LogP contribution in [0.1, 0.15) is 17.5 Å². The first-order valence-corrected chi connectivity index (χ1v) is 11.1. The van der Waals surface area contributed by atoms with Crippen molar-refractivity contribution in [2.45, 2.75) is 19.5 Å². The van der Waals surface area contributed by atoms with Gasteiger partial charge in [-0.05, 0) is 35.6 Å². The van der Waals surface area contributed by atoms with E-state index in [1.807, 2.05) is 18.2 Å². The van der Waals surface area contributed by atoms with Crippen LogP contribution >= 0.6 is 0 Å². The molecule has 3 aromatic carbocycles. The summed E-state index contributed by atoms with van der Waals surface area (Å²) in [5, 5.41) is 3.19. The largest absolute Gasteiger partial charge is 0.371 e. The molecule has 1 unspecified atom stereocenters. The number of hydrogen-bond donors (Lipinski definition) is 1. The average molecular weight is 414 g/mol. The summed E-state index contributed by atoms with van der Waals surface area (Å²) in [6.07, 6.45) is 1.12. The van der Waals surface area contributed by atoms with Gasteiger partial charge >= 0.3 is 0 Å². The Morgan fingerprint density at radius 1 is 0.839 bits per heavy atom. The molecule has 0 saturated carbocycles. The molecule has 1 amide bonds.